The summed E-state index contributed by atoms with van der Waals surface area (Å²) < 4.78 is 0. The summed E-state index contributed by atoms with van der Waals surface area (Å²) in [7, 11) is 3.55. The molecule has 0 aliphatic rings. The van der Waals surface area contributed by atoms with Crippen LogP contribution in [0.2, 0.25) is 0 Å². The summed E-state index contributed by atoms with van der Waals surface area (Å²) in [6.45, 7) is 10.7. The number of H-pyrrole nitrogens is 1. The van der Waals surface area contributed by atoms with Crippen LogP contribution in [0.1, 0.15) is 37.5 Å². The first kappa shape index (κ1) is 27.2. The van der Waals surface area contributed by atoms with E-state index in [0.717, 1.165) is 17.9 Å². The molecule has 3 aromatic rings. The number of hydrogen-bond acceptors (Lipinski definition) is 3. The second kappa shape index (κ2) is 15.0. The molecule has 1 amide bonds. The van der Waals surface area contributed by atoms with E-state index in [4.69, 9.17) is 0 Å². The van der Waals surface area contributed by atoms with Crippen LogP contribution in [0, 0.1) is 13.8 Å². The molecular formula is C26H38N2OS2. The molecule has 0 aliphatic heterocycles. The molecule has 0 radical (unpaired) electrons. The number of nitrogens with one attached hydrogen (secondary N) is 1. The molecule has 0 aliphatic carbocycles. The van der Waals surface area contributed by atoms with Gasteiger partial charge in [0.05, 0.1) is 10.8 Å². The highest BCUT2D eigenvalue weighted by molar-refractivity contribution is 7.99. The van der Waals surface area contributed by atoms with Crippen molar-refractivity contribution in [3.05, 3.63) is 65.2 Å². The van der Waals surface area contributed by atoms with Gasteiger partial charge in [0.2, 0.25) is 5.91 Å². The van der Waals surface area contributed by atoms with Gasteiger partial charge in [-0.05, 0) is 43.4 Å². The van der Waals surface area contributed by atoms with Crippen molar-refractivity contribution in [1.82, 2.24) is 9.88 Å². The molecule has 0 saturated heterocycles. The van der Waals surface area contributed by atoms with Gasteiger partial charge in [0, 0.05) is 25.0 Å². The standard InChI is InChI=1S/C12H15NS.C8H10.C6H13NOS/c1-3-9-10-7-5-6-8-11(10)13-12(9)14-4-2;1-7-3-5-8(2)6-4-7;1-4-9-5-6(8)7(2)3/h5-8,13H,3-4H2,1-2H3;3-6H,1-2H3;4-5H2,1-3H3. The minimum atomic E-state index is 0.196. The summed E-state index contributed by atoms with van der Waals surface area (Å²) in [5.74, 6) is 2.95. The number of carbonyl (C=O) groups is 1. The van der Waals surface area contributed by atoms with Crippen molar-refractivity contribution in [2.45, 2.75) is 46.1 Å². The summed E-state index contributed by atoms with van der Waals surface area (Å²) in [4.78, 5) is 15.9. The van der Waals surface area contributed by atoms with E-state index in [-0.39, 0.29) is 5.91 Å². The molecule has 1 heterocycles. The fourth-order valence-corrected chi connectivity index (χ4v) is 4.29. The first-order valence-corrected chi connectivity index (χ1v) is 13.0. The molecule has 0 saturated carbocycles. The number of aryl methyl sites for hydroxylation is 3. The number of amides is 1. The topological polar surface area (TPSA) is 36.1 Å². The number of fused-ring (bicyclic) bond motifs is 1. The van der Waals surface area contributed by atoms with Crippen LogP contribution < -0.4 is 0 Å². The van der Waals surface area contributed by atoms with E-state index < -0.39 is 0 Å². The largest absolute Gasteiger partial charge is 0.349 e. The minimum absolute atomic E-state index is 0.196. The summed E-state index contributed by atoms with van der Waals surface area (Å²) in [5, 5.41) is 2.72. The first-order valence-electron chi connectivity index (χ1n) is 10.9. The zero-order valence-electron chi connectivity index (χ0n) is 20.1. The Kier molecular flexibility index (Phi) is 13.2. The molecule has 31 heavy (non-hydrogen) atoms. The molecule has 0 atom stereocenters. The van der Waals surface area contributed by atoms with Gasteiger partial charge in [0.25, 0.3) is 0 Å². The lowest BCUT2D eigenvalue weighted by Gasteiger charge is -2.07. The van der Waals surface area contributed by atoms with Crippen LogP contribution in [0.4, 0.5) is 0 Å². The number of para-hydroxylation sites is 1. The highest BCUT2D eigenvalue weighted by atomic mass is 32.2. The van der Waals surface area contributed by atoms with E-state index in [1.807, 2.05) is 18.7 Å². The molecule has 2 aromatic carbocycles. The number of carbonyl (C=O) groups excluding carboxylic acids is 1. The van der Waals surface area contributed by atoms with Gasteiger partial charge in [-0.3, -0.25) is 4.79 Å². The normalized spacial score (nSPS) is 10.0. The lowest BCUT2D eigenvalue weighted by atomic mass is 10.1. The summed E-state index contributed by atoms with van der Waals surface area (Å²) in [6.07, 6.45) is 1.10. The van der Waals surface area contributed by atoms with Crippen LogP contribution in [0.3, 0.4) is 0 Å². The van der Waals surface area contributed by atoms with E-state index in [0.29, 0.717) is 5.75 Å². The van der Waals surface area contributed by atoms with E-state index in [2.05, 4.69) is 81.2 Å². The Bertz CT molecular complexity index is 880. The number of thioether (sulfide) groups is 2. The summed E-state index contributed by atoms with van der Waals surface area (Å²) in [5.41, 5.74) is 5.39. The Balaban J connectivity index is 0.000000247. The predicted octanol–water partition coefficient (Wildman–Crippen LogP) is 6.97. The Hall–Kier alpha value is -1.85. The van der Waals surface area contributed by atoms with Crippen molar-refractivity contribution < 1.29 is 4.79 Å². The van der Waals surface area contributed by atoms with Gasteiger partial charge in [-0.15, -0.1) is 11.8 Å². The number of rotatable bonds is 6. The van der Waals surface area contributed by atoms with Crippen LogP contribution in [0.5, 0.6) is 0 Å². The van der Waals surface area contributed by atoms with Gasteiger partial charge in [-0.1, -0.05) is 74.4 Å². The average Bonchev–Trinajstić information content (AvgIpc) is 3.12. The van der Waals surface area contributed by atoms with E-state index in [1.165, 1.54) is 32.6 Å². The Morgan fingerprint density at radius 1 is 0.903 bits per heavy atom. The number of benzene rings is 2. The molecule has 3 nitrogen and oxygen atoms in total. The van der Waals surface area contributed by atoms with Gasteiger partial charge in [-0.25, -0.2) is 0 Å². The molecule has 170 valence electrons. The van der Waals surface area contributed by atoms with Crippen molar-refractivity contribution in [3.8, 4) is 0 Å². The fourth-order valence-electron chi connectivity index (χ4n) is 2.75. The molecule has 0 unspecified atom stereocenters. The molecular weight excluding hydrogens is 420 g/mol. The lowest BCUT2D eigenvalue weighted by Crippen LogP contribution is -2.23. The quantitative estimate of drug-likeness (QED) is 0.405. The maximum absolute atomic E-state index is 10.8. The number of aromatic amines is 1. The maximum atomic E-state index is 10.8. The summed E-state index contributed by atoms with van der Waals surface area (Å²) in [6, 6.07) is 17.0. The second-order valence-electron chi connectivity index (χ2n) is 7.34. The van der Waals surface area contributed by atoms with Crippen LogP contribution in [0.15, 0.2) is 53.6 Å². The number of nitrogens with zero attached hydrogens (tertiary/aromatic N) is 1. The monoisotopic (exact) mass is 458 g/mol. The highest BCUT2D eigenvalue weighted by Crippen LogP contribution is 2.29. The minimum Gasteiger partial charge on any atom is -0.349 e. The smallest absolute Gasteiger partial charge is 0.232 e. The zero-order valence-corrected chi connectivity index (χ0v) is 21.8. The van der Waals surface area contributed by atoms with Crippen LogP contribution in [-0.2, 0) is 11.2 Å². The predicted molar refractivity (Wildman–Crippen MR) is 142 cm³/mol. The van der Waals surface area contributed by atoms with E-state index in [1.54, 1.807) is 30.8 Å². The van der Waals surface area contributed by atoms with Crippen molar-refractivity contribution in [1.29, 1.82) is 0 Å². The Morgan fingerprint density at radius 2 is 1.48 bits per heavy atom. The second-order valence-corrected chi connectivity index (χ2v) is 9.89. The number of hydrogen-bond donors (Lipinski definition) is 1. The molecule has 3 rings (SSSR count). The fraction of sp³-hybridized carbons (Fsp3) is 0.423. The van der Waals surface area contributed by atoms with Gasteiger partial charge in [0.1, 0.15) is 0 Å². The molecule has 0 fully saturated rings. The SMILES string of the molecule is CCSCC(=O)N(C)C.CCSc1[nH]c2ccccc2c1CC.Cc1ccc(C)cc1. The molecule has 1 N–H and O–H groups in total. The Morgan fingerprint density at radius 3 is 1.97 bits per heavy atom. The third-order valence-corrected chi connectivity index (χ3v) is 6.35. The maximum Gasteiger partial charge on any atom is 0.232 e. The highest BCUT2D eigenvalue weighted by Gasteiger charge is 2.08. The third kappa shape index (κ3) is 9.88. The third-order valence-electron chi connectivity index (χ3n) is 4.56. The number of aromatic nitrogens is 1. The van der Waals surface area contributed by atoms with Gasteiger partial charge in [0.15, 0.2) is 0 Å². The van der Waals surface area contributed by atoms with Crippen LogP contribution in [0.25, 0.3) is 10.9 Å². The van der Waals surface area contributed by atoms with Crippen LogP contribution in [-0.4, -0.2) is 47.1 Å². The van der Waals surface area contributed by atoms with E-state index >= 15 is 0 Å². The van der Waals surface area contributed by atoms with E-state index in [9.17, 15) is 4.79 Å². The van der Waals surface area contributed by atoms with Crippen molar-refractivity contribution >= 4 is 40.3 Å². The average molecular weight is 459 g/mol. The van der Waals surface area contributed by atoms with Crippen molar-refractivity contribution in [3.63, 3.8) is 0 Å². The molecule has 5 heteroatoms. The molecule has 0 bridgehead atoms. The van der Waals surface area contributed by atoms with Crippen LogP contribution >= 0.6 is 23.5 Å². The van der Waals surface area contributed by atoms with Crippen molar-refractivity contribution in [2.24, 2.45) is 0 Å². The molecule has 0 spiro atoms. The van der Waals surface area contributed by atoms with Gasteiger partial charge < -0.3 is 9.88 Å². The van der Waals surface area contributed by atoms with Gasteiger partial charge >= 0.3 is 0 Å². The molecule has 1 aromatic heterocycles. The Labute approximate surface area is 197 Å². The zero-order chi connectivity index (χ0) is 23.2. The summed E-state index contributed by atoms with van der Waals surface area (Å²) >= 11 is 3.55. The first-order chi connectivity index (χ1) is 14.8. The van der Waals surface area contributed by atoms with Gasteiger partial charge in [-0.2, -0.15) is 11.8 Å². The van der Waals surface area contributed by atoms with Crippen molar-refractivity contribution in [2.75, 3.05) is 31.4 Å². The lowest BCUT2D eigenvalue weighted by molar-refractivity contribution is -0.125.